The molecule has 1 N–H and O–H groups in total. The van der Waals surface area contributed by atoms with Crippen LogP contribution in [0, 0.1) is 11.8 Å². The summed E-state index contributed by atoms with van der Waals surface area (Å²) in [5.41, 5.74) is 1.57. The first-order valence-electron chi connectivity index (χ1n) is 7.17. The predicted molar refractivity (Wildman–Crippen MR) is 72.1 cm³/mol. The van der Waals surface area contributed by atoms with E-state index in [-0.39, 0.29) is 0 Å². The topological polar surface area (TPSA) is 21.3 Å². The molecule has 0 radical (unpaired) electrons. The summed E-state index contributed by atoms with van der Waals surface area (Å²) in [5.74, 6) is 1.58. The third-order valence-corrected chi connectivity index (χ3v) is 4.14. The lowest BCUT2D eigenvalue weighted by molar-refractivity contribution is 0.0818. The van der Waals surface area contributed by atoms with Gasteiger partial charge in [-0.2, -0.15) is 0 Å². The number of nitrogens with one attached hydrogen (secondary N) is 1. The standard InChI is InChI=1S/C15H27NO/c1-11-7-12(2)9-14(8-11)10-16-13(3)15-5-4-6-17-15/h7,11,13-16H,4-6,8-10H2,1-3H3. The Bertz CT molecular complexity index is 268. The van der Waals surface area contributed by atoms with Gasteiger partial charge in [0.1, 0.15) is 0 Å². The molecule has 0 aromatic heterocycles. The molecule has 1 aliphatic carbocycles. The van der Waals surface area contributed by atoms with E-state index in [1.807, 2.05) is 0 Å². The van der Waals surface area contributed by atoms with E-state index in [0.29, 0.717) is 12.1 Å². The normalized spacial score (nSPS) is 35.7. The highest BCUT2D eigenvalue weighted by Gasteiger charge is 2.24. The maximum atomic E-state index is 5.72. The highest BCUT2D eigenvalue weighted by atomic mass is 16.5. The smallest absolute Gasteiger partial charge is 0.0726 e. The van der Waals surface area contributed by atoms with Crippen LogP contribution in [0.4, 0.5) is 0 Å². The fourth-order valence-corrected chi connectivity index (χ4v) is 3.32. The first-order valence-corrected chi connectivity index (χ1v) is 7.17. The van der Waals surface area contributed by atoms with E-state index in [1.165, 1.54) is 25.7 Å². The Morgan fingerprint density at radius 3 is 3.00 bits per heavy atom. The minimum Gasteiger partial charge on any atom is -0.377 e. The van der Waals surface area contributed by atoms with Gasteiger partial charge in [0.15, 0.2) is 0 Å². The van der Waals surface area contributed by atoms with Crippen LogP contribution < -0.4 is 5.32 Å². The summed E-state index contributed by atoms with van der Waals surface area (Å²) in [4.78, 5) is 0. The van der Waals surface area contributed by atoms with Crippen LogP contribution in [-0.2, 0) is 4.74 Å². The highest BCUT2D eigenvalue weighted by Crippen LogP contribution is 2.27. The van der Waals surface area contributed by atoms with Crippen LogP contribution in [0.15, 0.2) is 11.6 Å². The molecule has 1 saturated heterocycles. The van der Waals surface area contributed by atoms with E-state index < -0.39 is 0 Å². The molecule has 0 spiro atoms. The van der Waals surface area contributed by atoms with Crippen molar-refractivity contribution in [3.63, 3.8) is 0 Å². The molecule has 1 fully saturated rings. The van der Waals surface area contributed by atoms with Gasteiger partial charge in [-0.1, -0.05) is 18.6 Å². The number of allylic oxidation sites excluding steroid dienone is 2. The van der Waals surface area contributed by atoms with Crippen LogP contribution in [0.2, 0.25) is 0 Å². The summed E-state index contributed by atoms with van der Waals surface area (Å²) in [6.45, 7) is 8.98. The lowest BCUT2D eigenvalue weighted by atomic mass is 9.83. The summed E-state index contributed by atoms with van der Waals surface area (Å²) >= 11 is 0. The number of ether oxygens (including phenoxy) is 1. The summed E-state index contributed by atoms with van der Waals surface area (Å²) in [5, 5.41) is 3.68. The molecule has 0 bridgehead atoms. The molecule has 0 aromatic carbocycles. The predicted octanol–water partition coefficient (Wildman–Crippen LogP) is 3.14. The van der Waals surface area contributed by atoms with E-state index in [2.05, 4.69) is 32.2 Å². The summed E-state index contributed by atoms with van der Waals surface area (Å²) in [6.07, 6.45) is 7.96. The Hall–Kier alpha value is -0.340. The molecule has 0 amide bonds. The molecular formula is C15H27NO. The van der Waals surface area contributed by atoms with Crippen molar-refractivity contribution in [2.75, 3.05) is 13.2 Å². The first-order chi connectivity index (χ1) is 8.15. The number of hydrogen-bond acceptors (Lipinski definition) is 2. The minimum absolute atomic E-state index is 0.452. The molecular weight excluding hydrogens is 210 g/mol. The van der Waals surface area contributed by atoms with Gasteiger partial charge in [-0.05, 0) is 57.9 Å². The molecule has 1 heterocycles. The lowest BCUT2D eigenvalue weighted by Gasteiger charge is -2.28. The van der Waals surface area contributed by atoms with E-state index in [0.717, 1.165) is 25.0 Å². The van der Waals surface area contributed by atoms with E-state index in [4.69, 9.17) is 4.74 Å². The van der Waals surface area contributed by atoms with E-state index >= 15 is 0 Å². The zero-order chi connectivity index (χ0) is 12.3. The molecule has 0 saturated carbocycles. The fraction of sp³-hybridized carbons (Fsp3) is 0.867. The lowest BCUT2D eigenvalue weighted by Crippen LogP contribution is -2.40. The van der Waals surface area contributed by atoms with Gasteiger partial charge >= 0.3 is 0 Å². The SMILES string of the molecule is CC1=CC(C)CC(CNC(C)C2CCCO2)C1. The second-order valence-electron chi connectivity index (χ2n) is 6.04. The van der Waals surface area contributed by atoms with Crippen molar-refractivity contribution in [3.8, 4) is 0 Å². The maximum Gasteiger partial charge on any atom is 0.0726 e. The zero-order valence-corrected chi connectivity index (χ0v) is 11.5. The molecule has 1 aliphatic heterocycles. The van der Waals surface area contributed by atoms with Gasteiger partial charge in [0.2, 0.25) is 0 Å². The average Bonchev–Trinajstić information content (AvgIpc) is 2.78. The van der Waals surface area contributed by atoms with Crippen LogP contribution in [-0.4, -0.2) is 25.3 Å². The van der Waals surface area contributed by atoms with Gasteiger partial charge in [-0.25, -0.2) is 0 Å². The highest BCUT2D eigenvalue weighted by molar-refractivity contribution is 5.06. The van der Waals surface area contributed by atoms with Crippen LogP contribution in [0.25, 0.3) is 0 Å². The van der Waals surface area contributed by atoms with Gasteiger partial charge in [0.25, 0.3) is 0 Å². The molecule has 17 heavy (non-hydrogen) atoms. The molecule has 4 unspecified atom stereocenters. The van der Waals surface area contributed by atoms with E-state index in [1.54, 1.807) is 5.57 Å². The molecule has 2 nitrogen and oxygen atoms in total. The van der Waals surface area contributed by atoms with Crippen LogP contribution >= 0.6 is 0 Å². The Balaban J connectivity index is 1.72. The Morgan fingerprint density at radius 1 is 1.53 bits per heavy atom. The molecule has 98 valence electrons. The third kappa shape index (κ3) is 3.82. The Kier molecular flexibility index (Phi) is 4.63. The van der Waals surface area contributed by atoms with Gasteiger partial charge in [0, 0.05) is 12.6 Å². The quantitative estimate of drug-likeness (QED) is 0.758. The van der Waals surface area contributed by atoms with E-state index in [9.17, 15) is 0 Å². The zero-order valence-electron chi connectivity index (χ0n) is 11.5. The molecule has 2 aliphatic rings. The average molecular weight is 237 g/mol. The van der Waals surface area contributed by atoms with Crippen molar-refractivity contribution < 1.29 is 4.74 Å². The van der Waals surface area contributed by atoms with Crippen molar-refractivity contribution in [1.82, 2.24) is 5.32 Å². The first kappa shape index (κ1) is 13.1. The van der Waals surface area contributed by atoms with Crippen molar-refractivity contribution >= 4 is 0 Å². The van der Waals surface area contributed by atoms with Crippen LogP contribution in [0.1, 0.15) is 46.5 Å². The van der Waals surface area contributed by atoms with Gasteiger partial charge in [-0.3, -0.25) is 0 Å². The second-order valence-corrected chi connectivity index (χ2v) is 6.04. The summed E-state index contributed by atoms with van der Waals surface area (Å²) < 4.78 is 5.72. The van der Waals surface area contributed by atoms with Crippen molar-refractivity contribution in [3.05, 3.63) is 11.6 Å². The number of hydrogen-bond donors (Lipinski definition) is 1. The second kappa shape index (κ2) is 6.01. The van der Waals surface area contributed by atoms with Crippen molar-refractivity contribution in [2.45, 2.75) is 58.6 Å². The number of rotatable bonds is 4. The Morgan fingerprint density at radius 2 is 2.35 bits per heavy atom. The molecule has 2 heteroatoms. The minimum atomic E-state index is 0.452. The van der Waals surface area contributed by atoms with Crippen LogP contribution in [0.5, 0.6) is 0 Å². The van der Waals surface area contributed by atoms with Crippen molar-refractivity contribution in [1.29, 1.82) is 0 Å². The Labute approximate surface area is 106 Å². The molecule has 2 rings (SSSR count). The largest absolute Gasteiger partial charge is 0.377 e. The van der Waals surface area contributed by atoms with Gasteiger partial charge < -0.3 is 10.1 Å². The van der Waals surface area contributed by atoms with Crippen LogP contribution in [0.3, 0.4) is 0 Å². The maximum absolute atomic E-state index is 5.72. The monoisotopic (exact) mass is 237 g/mol. The molecule has 0 aromatic rings. The van der Waals surface area contributed by atoms with Crippen molar-refractivity contribution in [2.24, 2.45) is 11.8 Å². The fourth-order valence-electron chi connectivity index (χ4n) is 3.32. The summed E-state index contributed by atoms with van der Waals surface area (Å²) in [6, 6.07) is 0.513. The third-order valence-electron chi connectivity index (χ3n) is 4.14. The molecule has 4 atom stereocenters. The van der Waals surface area contributed by atoms with Gasteiger partial charge in [0.05, 0.1) is 6.10 Å². The summed E-state index contributed by atoms with van der Waals surface area (Å²) in [7, 11) is 0. The van der Waals surface area contributed by atoms with Gasteiger partial charge in [-0.15, -0.1) is 0 Å².